The van der Waals surface area contributed by atoms with Crippen LogP contribution in [0.1, 0.15) is 33.6 Å². The first-order valence-corrected chi connectivity index (χ1v) is 5.76. The minimum atomic E-state index is -2.74. The molecule has 0 heterocycles. The van der Waals surface area contributed by atoms with Crippen LogP contribution < -0.4 is 0 Å². The molecule has 0 aromatic carbocycles. The second-order valence-electron chi connectivity index (χ2n) is 2.55. The molecule has 5 nitrogen and oxygen atoms in total. The van der Waals surface area contributed by atoms with Crippen molar-refractivity contribution in [3.63, 3.8) is 0 Å². The molecule has 0 radical (unpaired) electrons. The molecular formula is C9H18O5P+. The number of unbranched alkanes of at least 4 members (excludes halogenated alkanes) is 1. The van der Waals surface area contributed by atoms with Gasteiger partial charge in [-0.05, 0) is 0 Å². The van der Waals surface area contributed by atoms with E-state index in [-0.39, 0.29) is 0 Å². The van der Waals surface area contributed by atoms with Crippen molar-refractivity contribution in [2.45, 2.75) is 39.9 Å². The predicted octanol–water partition coefficient (Wildman–Crippen LogP) is 2.53. The summed E-state index contributed by atoms with van der Waals surface area (Å²) in [5.74, 6) is -0.700. The summed E-state index contributed by atoms with van der Waals surface area (Å²) in [6, 6.07) is 0. The summed E-state index contributed by atoms with van der Waals surface area (Å²) in [7, 11) is -2.74. The highest BCUT2D eigenvalue weighted by Gasteiger charge is 2.20. The van der Waals surface area contributed by atoms with Crippen molar-refractivity contribution in [2.75, 3.05) is 0 Å². The molecule has 0 bridgehead atoms. The molecule has 0 aliphatic heterocycles. The van der Waals surface area contributed by atoms with Gasteiger partial charge in [-0.25, -0.2) is 4.79 Å². The van der Waals surface area contributed by atoms with Gasteiger partial charge in [-0.15, -0.1) is 4.89 Å². The van der Waals surface area contributed by atoms with Gasteiger partial charge in [-0.1, -0.05) is 37.8 Å². The van der Waals surface area contributed by atoms with Gasteiger partial charge in [-0.3, -0.25) is 0 Å². The van der Waals surface area contributed by atoms with E-state index >= 15 is 0 Å². The Kier molecular flexibility index (Phi) is 12.6. The molecule has 0 rings (SSSR count). The lowest BCUT2D eigenvalue weighted by atomic mass is 10.4. The zero-order valence-corrected chi connectivity index (χ0v) is 10.2. The fraction of sp³-hybridized carbons (Fsp3) is 0.667. The smallest absolute Gasteiger partial charge is 0.428 e. The molecule has 0 aromatic rings. The second-order valence-corrected chi connectivity index (χ2v) is 3.24. The number of esters is 1. The van der Waals surface area contributed by atoms with Gasteiger partial charge in [0.05, 0.1) is 0 Å². The van der Waals surface area contributed by atoms with E-state index in [1.807, 2.05) is 0 Å². The average molecular weight is 237 g/mol. The summed E-state index contributed by atoms with van der Waals surface area (Å²) in [6.45, 7) is 8.81. The lowest BCUT2D eigenvalue weighted by Gasteiger charge is -2.02. The van der Waals surface area contributed by atoms with Crippen LogP contribution in [0, 0.1) is 0 Å². The third-order valence-electron chi connectivity index (χ3n) is 1.19. The van der Waals surface area contributed by atoms with E-state index in [0.717, 1.165) is 6.08 Å². The lowest BCUT2D eigenvalue weighted by molar-refractivity contribution is -0.154. The van der Waals surface area contributed by atoms with Gasteiger partial charge in [0.1, 0.15) is 0 Å². The van der Waals surface area contributed by atoms with Crippen LogP contribution in [0.2, 0.25) is 0 Å². The third-order valence-corrected chi connectivity index (χ3v) is 1.66. The summed E-state index contributed by atoms with van der Waals surface area (Å²) in [5.41, 5.74) is 0. The quantitative estimate of drug-likeness (QED) is 0.344. The van der Waals surface area contributed by atoms with Gasteiger partial charge < -0.3 is 4.74 Å². The highest BCUT2D eigenvalue weighted by molar-refractivity contribution is 7.32. The Bertz CT molecular complexity index is 203. The van der Waals surface area contributed by atoms with Gasteiger partial charge in [0.25, 0.3) is 6.29 Å². The molecule has 88 valence electrons. The number of ether oxygens (including phenoxy) is 1. The first-order valence-electron chi connectivity index (χ1n) is 4.63. The van der Waals surface area contributed by atoms with Crippen LogP contribution in [0.4, 0.5) is 0 Å². The Morgan fingerprint density at radius 3 is 2.27 bits per heavy atom. The second kappa shape index (κ2) is 11.3. The molecular weight excluding hydrogens is 219 g/mol. The number of rotatable bonds is 5. The maximum atomic E-state index is 10.4. The summed E-state index contributed by atoms with van der Waals surface area (Å²) in [5, 5.41) is 0. The van der Waals surface area contributed by atoms with E-state index in [1.165, 1.54) is 19.8 Å². The van der Waals surface area contributed by atoms with Crippen molar-refractivity contribution in [2.24, 2.45) is 0 Å². The van der Waals surface area contributed by atoms with Crippen LogP contribution in [0.15, 0.2) is 12.7 Å². The predicted molar refractivity (Wildman–Crippen MR) is 57.2 cm³/mol. The molecule has 0 aromatic heterocycles. The SMILES string of the molecule is C=CC(=O)OC(C)O[P+](=O)O.CCCC. The van der Waals surface area contributed by atoms with E-state index in [2.05, 4.69) is 29.7 Å². The summed E-state index contributed by atoms with van der Waals surface area (Å²) in [6.07, 6.45) is 2.54. The number of hydrogen-bond donors (Lipinski definition) is 1. The zero-order chi connectivity index (χ0) is 12.3. The maximum Gasteiger partial charge on any atom is 0.698 e. The topological polar surface area (TPSA) is 72.8 Å². The van der Waals surface area contributed by atoms with E-state index in [1.54, 1.807) is 0 Å². The largest absolute Gasteiger partial charge is 0.698 e. The molecule has 2 unspecified atom stereocenters. The molecule has 0 aliphatic rings. The van der Waals surface area contributed by atoms with Gasteiger partial charge >= 0.3 is 14.2 Å². The van der Waals surface area contributed by atoms with E-state index in [4.69, 9.17) is 4.89 Å². The molecule has 0 saturated heterocycles. The van der Waals surface area contributed by atoms with Crippen molar-refractivity contribution in [3.05, 3.63) is 12.7 Å². The van der Waals surface area contributed by atoms with Crippen LogP contribution in [0.5, 0.6) is 0 Å². The molecule has 0 spiro atoms. The molecule has 0 aliphatic carbocycles. The van der Waals surface area contributed by atoms with Crippen molar-refractivity contribution < 1.29 is 23.5 Å². The van der Waals surface area contributed by atoms with Gasteiger partial charge in [0.2, 0.25) is 0 Å². The Labute approximate surface area is 91.0 Å². The van der Waals surface area contributed by atoms with Crippen LogP contribution in [0.25, 0.3) is 0 Å². The van der Waals surface area contributed by atoms with Crippen molar-refractivity contribution >= 4 is 14.2 Å². The van der Waals surface area contributed by atoms with Crippen LogP contribution >= 0.6 is 8.25 Å². The number of carbonyl (C=O) groups is 1. The zero-order valence-electron chi connectivity index (χ0n) is 9.30. The molecule has 0 saturated carbocycles. The minimum absolute atomic E-state index is 0.700. The van der Waals surface area contributed by atoms with Crippen molar-refractivity contribution in [1.82, 2.24) is 0 Å². The molecule has 0 amide bonds. The molecule has 0 fully saturated rings. The monoisotopic (exact) mass is 237 g/mol. The van der Waals surface area contributed by atoms with E-state index in [9.17, 15) is 9.36 Å². The molecule has 1 N–H and O–H groups in total. The summed E-state index contributed by atoms with van der Waals surface area (Å²) < 4.78 is 18.6. The fourth-order valence-electron chi connectivity index (χ4n) is 0.360. The lowest BCUT2D eigenvalue weighted by Crippen LogP contribution is -2.13. The fourth-order valence-corrected chi connectivity index (χ4v) is 0.657. The summed E-state index contributed by atoms with van der Waals surface area (Å²) >= 11 is 0. The van der Waals surface area contributed by atoms with Gasteiger partial charge in [0, 0.05) is 17.6 Å². The number of carbonyl (C=O) groups excluding carboxylic acids is 1. The minimum Gasteiger partial charge on any atom is -0.428 e. The normalized spacial score (nSPS) is 11.9. The highest BCUT2D eigenvalue weighted by atomic mass is 31.1. The average Bonchev–Trinajstić information content (AvgIpc) is 2.16. The standard InChI is InChI=1S/C5H7O5P.C4H10/c1-3-5(6)9-4(2)10-11(7)8;1-3-4-2/h3-4H,1H2,2H3;3-4H2,1-2H3/p+1. The first kappa shape index (κ1) is 16.7. The van der Waals surface area contributed by atoms with Gasteiger partial charge in [0.15, 0.2) is 0 Å². The Morgan fingerprint density at radius 1 is 1.53 bits per heavy atom. The first-order chi connectivity index (χ1) is 6.97. The van der Waals surface area contributed by atoms with Gasteiger partial charge in [-0.2, -0.15) is 0 Å². The highest BCUT2D eigenvalue weighted by Crippen LogP contribution is 2.18. The van der Waals surface area contributed by atoms with Crippen LogP contribution in [-0.4, -0.2) is 17.2 Å². The molecule has 6 heteroatoms. The van der Waals surface area contributed by atoms with Crippen LogP contribution in [0.3, 0.4) is 0 Å². The summed E-state index contributed by atoms with van der Waals surface area (Å²) in [4.78, 5) is 18.6. The Hall–Kier alpha value is -0.770. The molecule has 2 atom stereocenters. The van der Waals surface area contributed by atoms with E-state index < -0.39 is 20.5 Å². The third kappa shape index (κ3) is 15.9. The van der Waals surface area contributed by atoms with E-state index in [0.29, 0.717) is 0 Å². The Balaban J connectivity index is 0. The van der Waals surface area contributed by atoms with Crippen molar-refractivity contribution in [3.8, 4) is 0 Å². The molecule has 15 heavy (non-hydrogen) atoms. The van der Waals surface area contributed by atoms with Crippen molar-refractivity contribution in [1.29, 1.82) is 0 Å². The maximum absolute atomic E-state index is 10.4. The van der Waals surface area contributed by atoms with Crippen LogP contribution in [-0.2, 0) is 18.6 Å². The Morgan fingerprint density at radius 2 is 2.00 bits per heavy atom. The number of hydrogen-bond acceptors (Lipinski definition) is 4.